The van der Waals surface area contributed by atoms with Gasteiger partial charge in [-0.15, -0.1) is 15.0 Å². The van der Waals surface area contributed by atoms with E-state index in [4.69, 9.17) is 5.73 Å². The minimum atomic E-state index is -0.0785. The fourth-order valence-electron chi connectivity index (χ4n) is 3.25. The molecule has 5 heteroatoms. The number of benzene rings is 3. The molecule has 0 amide bonds. The Labute approximate surface area is 164 Å². The molecule has 0 atom stereocenters. The number of hydrogen-bond donors (Lipinski definition) is 2. The second kappa shape index (κ2) is 6.68. The highest BCUT2D eigenvalue weighted by molar-refractivity contribution is 5.78. The third kappa shape index (κ3) is 3.43. The Morgan fingerprint density at radius 3 is 2.36 bits per heavy atom. The minimum absolute atomic E-state index is 0.0785. The summed E-state index contributed by atoms with van der Waals surface area (Å²) in [7, 11) is 0. The van der Waals surface area contributed by atoms with Crippen molar-refractivity contribution in [3.63, 3.8) is 0 Å². The highest BCUT2D eigenvalue weighted by atomic mass is 16.3. The van der Waals surface area contributed by atoms with Crippen molar-refractivity contribution in [1.82, 2.24) is 15.0 Å². The molecule has 3 N–H and O–H groups in total. The number of nitrogens with two attached hydrogens (primary N) is 1. The molecule has 0 saturated carbocycles. The van der Waals surface area contributed by atoms with Crippen LogP contribution >= 0.6 is 0 Å². The Kier molecular flexibility index (Phi) is 4.30. The molecule has 0 aliphatic carbocycles. The largest absolute Gasteiger partial charge is 0.505 e. The number of hydrogen-bond acceptors (Lipinski definition) is 4. The lowest BCUT2D eigenvalue weighted by Crippen LogP contribution is -2.13. The number of fused-ring (bicyclic) bond motifs is 1. The average Bonchev–Trinajstić information content (AvgIpc) is 3.06. The smallest absolute Gasteiger partial charge is 0.146 e. The Bertz CT molecular complexity index is 1140. The lowest BCUT2D eigenvalue weighted by atomic mass is 9.85. The van der Waals surface area contributed by atoms with Crippen LogP contribution in [0.2, 0.25) is 0 Å². The first kappa shape index (κ1) is 18.0. The van der Waals surface area contributed by atoms with Gasteiger partial charge in [0.15, 0.2) is 0 Å². The molecule has 0 aliphatic heterocycles. The topological polar surface area (TPSA) is 77.0 Å². The van der Waals surface area contributed by atoms with E-state index >= 15 is 0 Å². The fourth-order valence-corrected chi connectivity index (χ4v) is 3.25. The van der Waals surface area contributed by atoms with Crippen molar-refractivity contribution in [3.8, 4) is 11.4 Å². The summed E-state index contributed by atoms with van der Waals surface area (Å²) in [5.74, 6) is 0.199. The molecule has 1 heterocycles. The molecule has 28 heavy (non-hydrogen) atoms. The molecule has 0 radical (unpaired) electrons. The van der Waals surface area contributed by atoms with Crippen LogP contribution in [0.5, 0.6) is 5.75 Å². The molecule has 0 aliphatic rings. The molecule has 4 rings (SSSR count). The average molecular weight is 372 g/mol. The number of nitrogens with zero attached hydrogens (tertiary/aromatic N) is 3. The summed E-state index contributed by atoms with van der Waals surface area (Å²) in [6.07, 6.45) is 0.636. The third-order valence-corrected chi connectivity index (χ3v) is 4.89. The molecular weight excluding hydrogens is 348 g/mol. The highest BCUT2D eigenvalue weighted by Crippen LogP contribution is 2.34. The maximum absolute atomic E-state index is 11.0. The van der Waals surface area contributed by atoms with E-state index in [1.807, 2.05) is 30.3 Å². The predicted molar refractivity (Wildman–Crippen MR) is 113 cm³/mol. The molecule has 1 aromatic heterocycles. The second-order valence-corrected chi connectivity index (χ2v) is 8.15. The summed E-state index contributed by atoms with van der Waals surface area (Å²) < 4.78 is 0. The fraction of sp³-hybridized carbons (Fsp3) is 0.217. The van der Waals surface area contributed by atoms with Gasteiger partial charge in [0.25, 0.3) is 0 Å². The van der Waals surface area contributed by atoms with E-state index in [1.165, 1.54) is 4.80 Å². The lowest BCUT2D eigenvalue weighted by molar-refractivity contribution is 0.460. The van der Waals surface area contributed by atoms with E-state index in [9.17, 15) is 5.11 Å². The molecule has 3 aromatic carbocycles. The van der Waals surface area contributed by atoms with Gasteiger partial charge in [0.1, 0.15) is 22.5 Å². The van der Waals surface area contributed by atoms with Crippen molar-refractivity contribution in [2.24, 2.45) is 0 Å². The van der Waals surface area contributed by atoms with Gasteiger partial charge in [-0.25, -0.2) is 0 Å². The molecule has 142 valence electrons. The molecule has 0 unspecified atom stereocenters. The van der Waals surface area contributed by atoms with Crippen molar-refractivity contribution >= 4 is 16.7 Å². The van der Waals surface area contributed by atoms with Gasteiger partial charge >= 0.3 is 0 Å². The van der Waals surface area contributed by atoms with Gasteiger partial charge in [-0.2, -0.15) is 0 Å². The number of aromatic nitrogens is 3. The Hall–Kier alpha value is -3.34. The molecule has 0 saturated heterocycles. The van der Waals surface area contributed by atoms with E-state index < -0.39 is 0 Å². The second-order valence-electron chi connectivity index (χ2n) is 8.15. The van der Waals surface area contributed by atoms with Crippen LogP contribution in [0.4, 0.5) is 5.69 Å². The van der Waals surface area contributed by atoms with E-state index in [-0.39, 0.29) is 11.2 Å². The molecule has 4 aromatic rings. The van der Waals surface area contributed by atoms with Crippen LogP contribution in [-0.2, 0) is 11.8 Å². The van der Waals surface area contributed by atoms with Gasteiger partial charge in [0.05, 0.1) is 0 Å². The quantitative estimate of drug-likeness (QED) is 0.515. The zero-order valence-corrected chi connectivity index (χ0v) is 16.3. The normalized spacial score (nSPS) is 11.8. The summed E-state index contributed by atoms with van der Waals surface area (Å²) in [5.41, 5.74) is 11.5. The number of nitrogen functional groups attached to an aromatic ring is 1. The molecule has 0 bridgehead atoms. The van der Waals surface area contributed by atoms with Crippen LogP contribution in [0.3, 0.4) is 0 Å². The number of phenols is 1. The van der Waals surface area contributed by atoms with Gasteiger partial charge in [-0.05, 0) is 40.8 Å². The van der Waals surface area contributed by atoms with Gasteiger partial charge < -0.3 is 10.8 Å². The first-order valence-corrected chi connectivity index (χ1v) is 9.34. The van der Waals surface area contributed by atoms with Crippen LogP contribution in [0.15, 0.2) is 60.7 Å². The Morgan fingerprint density at radius 1 is 0.929 bits per heavy atom. The number of phenolic OH excluding ortho intramolecular Hbond substituents is 1. The predicted octanol–water partition coefficient (Wildman–Crippen LogP) is 4.60. The summed E-state index contributed by atoms with van der Waals surface area (Å²) in [6.45, 7) is 6.47. The maximum Gasteiger partial charge on any atom is 0.146 e. The molecular formula is C23H24N4O. The van der Waals surface area contributed by atoms with Crippen molar-refractivity contribution in [2.45, 2.75) is 32.6 Å². The molecule has 5 nitrogen and oxygen atoms in total. The van der Waals surface area contributed by atoms with Gasteiger partial charge in [-0.3, -0.25) is 0 Å². The summed E-state index contributed by atoms with van der Waals surface area (Å²) in [5, 5.41) is 20.1. The van der Waals surface area contributed by atoms with Crippen molar-refractivity contribution in [2.75, 3.05) is 5.73 Å². The number of aromatic hydroxyl groups is 1. The summed E-state index contributed by atoms with van der Waals surface area (Å²) in [4.78, 5) is 1.50. The van der Waals surface area contributed by atoms with E-state index in [2.05, 4.69) is 49.2 Å². The third-order valence-electron chi connectivity index (χ3n) is 4.89. The first-order chi connectivity index (χ1) is 13.3. The zero-order chi connectivity index (χ0) is 19.9. The Balaban J connectivity index is 1.88. The summed E-state index contributed by atoms with van der Waals surface area (Å²) in [6, 6.07) is 19.6. The van der Waals surface area contributed by atoms with E-state index in [1.54, 1.807) is 12.1 Å². The standard InChI is InChI=1S/C23H24N4O/c1-23(2,3)17-12-16(11-15-7-5-4-6-8-15)22(28)21(13-17)27-25-19-10-9-18(24)14-20(19)26-27/h4-10,12-14,28H,11,24H2,1-3H3. The first-order valence-electron chi connectivity index (χ1n) is 9.34. The lowest BCUT2D eigenvalue weighted by Gasteiger charge is -2.22. The molecule has 0 spiro atoms. The summed E-state index contributed by atoms with van der Waals surface area (Å²) >= 11 is 0. The zero-order valence-electron chi connectivity index (χ0n) is 16.3. The van der Waals surface area contributed by atoms with Crippen LogP contribution in [0.1, 0.15) is 37.5 Å². The molecule has 0 fully saturated rings. The number of rotatable bonds is 3. The van der Waals surface area contributed by atoms with Crippen molar-refractivity contribution in [3.05, 3.63) is 77.4 Å². The van der Waals surface area contributed by atoms with Gasteiger partial charge in [0.2, 0.25) is 0 Å². The van der Waals surface area contributed by atoms with Gasteiger partial charge in [-0.1, -0.05) is 57.2 Å². The maximum atomic E-state index is 11.0. The van der Waals surface area contributed by atoms with E-state index in [0.717, 1.165) is 22.2 Å². The Morgan fingerprint density at radius 2 is 1.64 bits per heavy atom. The van der Waals surface area contributed by atoms with Crippen molar-refractivity contribution < 1.29 is 5.11 Å². The van der Waals surface area contributed by atoms with Crippen LogP contribution in [0, 0.1) is 0 Å². The SMILES string of the molecule is CC(C)(C)c1cc(Cc2ccccc2)c(O)c(-n2nc3ccc(N)cc3n2)c1. The van der Waals surface area contributed by atoms with Crippen LogP contribution in [0.25, 0.3) is 16.7 Å². The number of anilines is 1. The van der Waals surface area contributed by atoms with Gasteiger partial charge in [0, 0.05) is 17.7 Å². The van der Waals surface area contributed by atoms with Crippen LogP contribution < -0.4 is 5.73 Å². The van der Waals surface area contributed by atoms with E-state index in [0.29, 0.717) is 23.3 Å². The highest BCUT2D eigenvalue weighted by Gasteiger charge is 2.21. The monoisotopic (exact) mass is 372 g/mol. The van der Waals surface area contributed by atoms with Crippen LogP contribution in [-0.4, -0.2) is 20.1 Å². The van der Waals surface area contributed by atoms with Crippen molar-refractivity contribution in [1.29, 1.82) is 0 Å². The minimum Gasteiger partial charge on any atom is -0.505 e.